The van der Waals surface area contributed by atoms with Gasteiger partial charge in [-0.3, -0.25) is 14.4 Å². The summed E-state index contributed by atoms with van der Waals surface area (Å²) in [6.07, 6.45) is 4.09. The molecular weight excluding hydrogens is 472 g/mol. The van der Waals surface area contributed by atoms with Crippen molar-refractivity contribution in [2.24, 2.45) is 5.73 Å². The van der Waals surface area contributed by atoms with Gasteiger partial charge in [0.1, 0.15) is 17.7 Å². The molecule has 0 radical (unpaired) electrons. The summed E-state index contributed by atoms with van der Waals surface area (Å²) in [5.74, 6) is 0.517. The van der Waals surface area contributed by atoms with Crippen molar-refractivity contribution in [3.05, 3.63) is 64.7 Å². The maximum Gasteiger partial charge on any atom is 0.408 e. The molecule has 2 atom stereocenters. The average Bonchev–Trinajstić information content (AvgIpc) is 2.79. The number of nitrogens with two attached hydrogens (primary N) is 1. The van der Waals surface area contributed by atoms with Gasteiger partial charge in [-0.2, -0.15) is 0 Å². The number of hydrogen-bond donors (Lipinski definition) is 3. The largest absolute Gasteiger partial charge is 0.444 e. The Kier molecular flexibility index (Phi) is 9.44. The van der Waals surface area contributed by atoms with Crippen LogP contribution in [-0.4, -0.2) is 47.4 Å². The molecule has 0 fully saturated rings. The number of primary amides is 1. The highest BCUT2D eigenvalue weighted by Gasteiger charge is 2.35. The van der Waals surface area contributed by atoms with Crippen LogP contribution in [0.2, 0.25) is 0 Å². The van der Waals surface area contributed by atoms with Crippen LogP contribution in [0.1, 0.15) is 55.5 Å². The van der Waals surface area contributed by atoms with Gasteiger partial charge in [0, 0.05) is 18.3 Å². The number of anilines is 1. The molecule has 0 aromatic heterocycles. The fraction of sp³-hybridized carbons (Fsp3) is 0.357. The quantitative estimate of drug-likeness (QED) is 0.473. The highest BCUT2D eigenvalue weighted by molar-refractivity contribution is 6.00. The Morgan fingerprint density at radius 3 is 2.11 bits per heavy atom. The topological polar surface area (TPSA) is 131 Å². The first kappa shape index (κ1) is 28.9. The van der Waals surface area contributed by atoms with Crippen molar-refractivity contribution in [1.82, 2.24) is 10.2 Å². The third-order valence-electron chi connectivity index (χ3n) is 5.50. The van der Waals surface area contributed by atoms with Gasteiger partial charge >= 0.3 is 6.09 Å². The Hall–Kier alpha value is -4.32. The number of likely N-dealkylation sites (N-methyl/N-ethyl adjacent to an activating group) is 1. The maximum atomic E-state index is 13.6. The van der Waals surface area contributed by atoms with E-state index in [9.17, 15) is 19.2 Å². The van der Waals surface area contributed by atoms with Crippen LogP contribution in [0.3, 0.4) is 0 Å². The molecule has 2 aromatic carbocycles. The molecule has 0 aliphatic rings. The molecule has 4 amide bonds. The van der Waals surface area contributed by atoms with Gasteiger partial charge in [-0.15, -0.1) is 6.42 Å². The van der Waals surface area contributed by atoms with Crippen LogP contribution in [-0.2, 0) is 19.1 Å². The zero-order valence-electron chi connectivity index (χ0n) is 22.0. The first-order valence-electron chi connectivity index (χ1n) is 11.7. The first-order valence-corrected chi connectivity index (χ1v) is 11.7. The highest BCUT2D eigenvalue weighted by Crippen LogP contribution is 2.26. The summed E-state index contributed by atoms with van der Waals surface area (Å²) in [5, 5.41) is 5.32. The standard InChI is InChI=1S/C28H34N4O5/c1-8-19-12-14-20(15-13-19)24(25(34)31-23-17(2)10-9-11-18(23)3)32(7)26(35)21(16-22(29)33)30-27(36)37-28(4,5)6/h1,9-15,21,24H,16H2,2-7H3,(H2,29,33)(H,30,36)(H,31,34). The molecule has 0 saturated heterocycles. The highest BCUT2D eigenvalue weighted by atomic mass is 16.6. The molecule has 2 aromatic rings. The maximum absolute atomic E-state index is 13.6. The van der Waals surface area contributed by atoms with E-state index in [4.69, 9.17) is 16.9 Å². The number of carbonyl (C=O) groups excluding carboxylic acids is 4. The zero-order valence-corrected chi connectivity index (χ0v) is 22.0. The minimum Gasteiger partial charge on any atom is -0.444 e. The van der Waals surface area contributed by atoms with Crippen molar-refractivity contribution in [1.29, 1.82) is 0 Å². The van der Waals surface area contributed by atoms with E-state index in [1.54, 1.807) is 45.0 Å². The second kappa shape index (κ2) is 12.1. The average molecular weight is 507 g/mol. The normalized spacial score (nSPS) is 12.5. The van der Waals surface area contributed by atoms with Crippen molar-refractivity contribution in [2.75, 3.05) is 12.4 Å². The summed E-state index contributed by atoms with van der Waals surface area (Å²) in [6.45, 7) is 8.72. The van der Waals surface area contributed by atoms with Crippen molar-refractivity contribution < 1.29 is 23.9 Å². The van der Waals surface area contributed by atoms with Crippen molar-refractivity contribution >= 4 is 29.5 Å². The molecule has 0 aliphatic carbocycles. The van der Waals surface area contributed by atoms with Crippen LogP contribution in [0.15, 0.2) is 42.5 Å². The number of hydrogen-bond acceptors (Lipinski definition) is 5. The Labute approximate surface area is 217 Å². The molecule has 0 heterocycles. The number of benzene rings is 2. The van der Waals surface area contributed by atoms with Gasteiger partial charge in [0.2, 0.25) is 11.8 Å². The van der Waals surface area contributed by atoms with E-state index in [1.807, 2.05) is 32.0 Å². The van der Waals surface area contributed by atoms with Gasteiger partial charge in [0.15, 0.2) is 0 Å². The molecule has 2 rings (SSSR count). The molecule has 37 heavy (non-hydrogen) atoms. The molecule has 9 nitrogen and oxygen atoms in total. The lowest BCUT2D eigenvalue weighted by Crippen LogP contribution is -2.52. The van der Waals surface area contributed by atoms with Crippen LogP contribution < -0.4 is 16.4 Å². The predicted octanol–water partition coefficient (Wildman–Crippen LogP) is 3.19. The fourth-order valence-electron chi connectivity index (χ4n) is 3.74. The SMILES string of the molecule is C#Cc1ccc(C(C(=O)Nc2c(C)cccc2C)N(C)C(=O)C(CC(N)=O)NC(=O)OC(C)(C)C)cc1. The Balaban J connectivity index is 2.45. The summed E-state index contributed by atoms with van der Waals surface area (Å²) in [5.41, 5.74) is 7.92. The van der Waals surface area contributed by atoms with E-state index in [0.717, 1.165) is 11.1 Å². The minimum atomic E-state index is -1.35. The van der Waals surface area contributed by atoms with E-state index in [1.165, 1.54) is 11.9 Å². The van der Waals surface area contributed by atoms with Crippen LogP contribution in [0.5, 0.6) is 0 Å². The van der Waals surface area contributed by atoms with Gasteiger partial charge in [-0.1, -0.05) is 36.3 Å². The third kappa shape index (κ3) is 8.10. The molecular formula is C28H34N4O5. The van der Waals surface area contributed by atoms with Gasteiger partial charge < -0.3 is 26.0 Å². The third-order valence-corrected chi connectivity index (χ3v) is 5.50. The van der Waals surface area contributed by atoms with Crippen LogP contribution >= 0.6 is 0 Å². The summed E-state index contributed by atoms with van der Waals surface area (Å²) in [6, 6.07) is 9.76. The molecule has 0 saturated carbocycles. The zero-order chi connectivity index (χ0) is 27.9. The Morgan fingerprint density at radius 1 is 1.05 bits per heavy atom. The van der Waals surface area contributed by atoms with Crippen molar-refractivity contribution in [2.45, 2.75) is 58.7 Å². The second-order valence-corrected chi connectivity index (χ2v) is 9.74. The van der Waals surface area contributed by atoms with Crippen molar-refractivity contribution in [3.8, 4) is 12.3 Å². The molecule has 0 bridgehead atoms. The molecule has 4 N–H and O–H groups in total. The summed E-state index contributed by atoms with van der Waals surface area (Å²) in [7, 11) is 1.41. The molecule has 9 heteroatoms. The van der Waals surface area contributed by atoms with E-state index in [2.05, 4.69) is 16.6 Å². The molecule has 0 spiro atoms. The lowest BCUT2D eigenvalue weighted by molar-refractivity contribution is -0.140. The summed E-state index contributed by atoms with van der Waals surface area (Å²) < 4.78 is 5.23. The Bertz CT molecular complexity index is 1190. The predicted molar refractivity (Wildman–Crippen MR) is 141 cm³/mol. The number of rotatable bonds is 8. The van der Waals surface area contributed by atoms with Gasteiger partial charge in [0.25, 0.3) is 5.91 Å². The first-order chi connectivity index (χ1) is 17.2. The fourth-order valence-corrected chi connectivity index (χ4v) is 3.74. The number of nitrogens with one attached hydrogen (secondary N) is 2. The smallest absolute Gasteiger partial charge is 0.408 e. The van der Waals surface area contributed by atoms with E-state index in [0.29, 0.717) is 16.8 Å². The number of alkyl carbamates (subject to hydrolysis) is 1. The summed E-state index contributed by atoms with van der Waals surface area (Å²) >= 11 is 0. The number of ether oxygens (including phenoxy) is 1. The van der Waals surface area contributed by atoms with Gasteiger partial charge in [-0.05, 0) is 63.4 Å². The molecule has 0 aliphatic heterocycles. The number of carbonyl (C=O) groups is 4. The lowest BCUT2D eigenvalue weighted by Gasteiger charge is -2.31. The second-order valence-electron chi connectivity index (χ2n) is 9.74. The number of para-hydroxylation sites is 1. The van der Waals surface area contributed by atoms with E-state index < -0.39 is 47.9 Å². The van der Waals surface area contributed by atoms with Crippen molar-refractivity contribution in [3.63, 3.8) is 0 Å². The minimum absolute atomic E-state index is 0.480. The van der Waals surface area contributed by atoms with Gasteiger partial charge in [0.05, 0.1) is 6.42 Å². The number of amides is 4. The number of aryl methyl sites for hydroxylation is 2. The van der Waals surface area contributed by atoms with E-state index in [-0.39, 0.29) is 0 Å². The number of terminal acetylenes is 1. The van der Waals surface area contributed by atoms with Gasteiger partial charge in [-0.25, -0.2) is 4.79 Å². The Morgan fingerprint density at radius 2 is 1.62 bits per heavy atom. The van der Waals surface area contributed by atoms with Crippen LogP contribution in [0.4, 0.5) is 10.5 Å². The number of nitrogens with zero attached hydrogens (tertiary/aromatic N) is 1. The summed E-state index contributed by atoms with van der Waals surface area (Å²) in [4.78, 5) is 52.4. The lowest BCUT2D eigenvalue weighted by atomic mass is 10.0. The van der Waals surface area contributed by atoms with E-state index >= 15 is 0 Å². The van der Waals surface area contributed by atoms with Crippen LogP contribution in [0.25, 0.3) is 0 Å². The van der Waals surface area contributed by atoms with Crippen LogP contribution in [0, 0.1) is 26.2 Å². The molecule has 196 valence electrons. The molecule has 2 unspecified atom stereocenters. The monoisotopic (exact) mass is 506 g/mol.